The topological polar surface area (TPSA) is 46.3 Å². The van der Waals surface area contributed by atoms with E-state index in [9.17, 15) is 4.79 Å². The van der Waals surface area contributed by atoms with E-state index in [4.69, 9.17) is 5.73 Å². The molecule has 1 aromatic rings. The maximum Gasteiger partial charge on any atom is 0.186 e. The zero-order valence-electron chi connectivity index (χ0n) is 7.69. The van der Waals surface area contributed by atoms with Crippen molar-refractivity contribution in [3.05, 3.63) is 22.4 Å². The van der Waals surface area contributed by atoms with E-state index in [2.05, 4.69) is 0 Å². The molecule has 0 aliphatic rings. The van der Waals surface area contributed by atoms with Gasteiger partial charge in [-0.1, -0.05) is 6.07 Å². The maximum atomic E-state index is 11.5. The van der Waals surface area contributed by atoms with Gasteiger partial charge in [0.15, 0.2) is 5.78 Å². The van der Waals surface area contributed by atoms with Gasteiger partial charge in [0.25, 0.3) is 0 Å². The van der Waals surface area contributed by atoms with E-state index < -0.39 is 0 Å². The summed E-state index contributed by atoms with van der Waals surface area (Å²) in [5.41, 5.74) is 5.37. The Labute approximate surface area is 82.2 Å². The highest BCUT2D eigenvalue weighted by Crippen LogP contribution is 2.09. The molecule has 0 aromatic carbocycles. The first-order chi connectivity index (χ1) is 6.24. The Hall–Kier alpha value is -0.710. The summed E-state index contributed by atoms with van der Waals surface area (Å²) >= 11 is 1.48. The molecule has 1 heterocycles. The van der Waals surface area contributed by atoms with E-state index >= 15 is 0 Å². The van der Waals surface area contributed by atoms with Crippen LogP contribution in [0.15, 0.2) is 17.5 Å². The van der Waals surface area contributed by atoms with Crippen LogP contribution in [0.2, 0.25) is 0 Å². The van der Waals surface area contributed by atoms with E-state index in [0.717, 1.165) is 11.4 Å². The summed E-state index contributed by atoms with van der Waals surface area (Å²) in [6.07, 6.45) is 0. The van der Waals surface area contributed by atoms with Crippen molar-refractivity contribution in [3.63, 3.8) is 0 Å². The first-order valence-corrected chi connectivity index (χ1v) is 5.07. The van der Waals surface area contributed by atoms with Gasteiger partial charge in [-0.05, 0) is 18.5 Å². The molecule has 2 N–H and O–H groups in total. The number of likely N-dealkylation sites (N-methyl/N-ethyl adjacent to an activating group) is 1. The molecular formula is C9H14N2OS. The van der Waals surface area contributed by atoms with Gasteiger partial charge in [0, 0.05) is 13.1 Å². The quantitative estimate of drug-likeness (QED) is 0.713. The van der Waals surface area contributed by atoms with Crippen molar-refractivity contribution in [1.82, 2.24) is 4.90 Å². The van der Waals surface area contributed by atoms with Crippen LogP contribution in [0.4, 0.5) is 0 Å². The van der Waals surface area contributed by atoms with Gasteiger partial charge in [-0.2, -0.15) is 0 Å². The minimum Gasteiger partial charge on any atom is -0.329 e. The number of nitrogens with two attached hydrogens (primary N) is 1. The molecule has 0 aliphatic heterocycles. The number of hydrogen-bond donors (Lipinski definition) is 1. The summed E-state index contributed by atoms with van der Waals surface area (Å²) < 4.78 is 0. The molecule has 0 unspecified atom stereocenters. The molecule has 0 amide bonds. The van der Waals surface area contributed by atoms with Gasteiger partial charge in [-0.3, -0.25) is 9.69 Å². The number of hydrogen-bond acceptors (Lipinski definition) is 4. The fourth-order valence-corrected chi connectivity index (χ4v) is 1.72. The van der Waals surface area contributed by atoms with Crippen molar-refractivity contribution in [1.29, 1.82) is 0 Å². The number of rotatable bonds is 5. The Balaban J connectivity index is 2.42. The molecule has 0 atom stereocenters. The monoisotopic (exact) mass is 198 g/mol. The van der Waals surface area contributed by atoms with Gasteiger partial charge in [-0.25, -0.2) is 0 Å². The zero-order chi connectivity index (χ0) is 9.68. The van der Waals surface area contributed by atoms with Gasteiger partial charge < -0.3 is 5.73 Å². The summed E-state index contributed by atoms with van der Waals surface area (Å²) in [6, 6.07) is 3.74. The highest BCUT2D eigenvalue weighted by molar-refractivity contribution is 7.12. The zero-order valence-corrected chi connectivity index (χ0v) is 8.51. The second-order valence-electron chi connectivity index (χ2n) is 2.93. The molecular weight excluding hydrogens is 184 g/mol. The lowest BCUT2D eigenvalue weighted by atomic mass is 10.3. The Kier molecular flexibility index (Phi) is 4.08. The molecule has 0 saturated carbocycles. The lowest BCUT2D eigenvalue weighted by Gasteiger charge is -2.13. The van der Waals surface area contributed by atoms with Crippen LogP contribution in [0.1, 0.15) is 9.67 Å². The standard InChI is InChI=1S/C9H14N2OS/c1-11(5-4-10)7-8(12)9-3-2-6-13-9/h2-3,6H,4-5,7,10H2,1H3. The highest BCUT2D eigenvalue weighted by Gasteiger charge is 2.08. The lowest BCUT2D eigenvalue weighted by Crippen LogP contribution is -2.30. The van der Waals surface area contributed by atoms with Gasteiger partial charge in [-0.15, -0.1) is 11.3 Å². The van der Waals surface area contributed by atoms with Crippen LogP contribution < -0.4 is 5.73 Å². The second-order valence-corrected chi connectivity index (χ2v) is 3.87. The molecule has 0 aliphatic carbocycles. The molecule has 0 saturated heterocycles. The summed E-state index contributed by atoms with van der Waals surface area (Å²) in [6.45, 7) is 1.81. The number of Topliss-reactive ketones (excluding diaryl/α,β-unsaturated/α-hetero) is 1. The molecule has 0 spiro atoms. The molecule has 0 fully saturated rings. The minimum atomic E-state index is 0.172. The Bertz CT molecular complexity index is 259. The lowest BCUT2D eigenvalue weighted by molar-refractivity contribution is 0.0952. The SMILES string of the molecule is CN(CCN)CC(=O)c1cccs1. The third-order valence-electron chi connectivity index (χ3n) is 1.72. The first-order valence-electron chi connectivity index (χ1n) is 4.19. The number of ketones is 1. The molecule has 1 aromatic heterocycles. The minimum absolute atomic E-state index is 0.172. The largest absolute Gasteiger partial charge is 0.329 e. The smallest absolute Gasteiger partial charge is 0.186 e. The summed E-state index contributed by atoms with van der Waals surface area (Å²) in [7, 11) is 1.90. The van der Waals surface area contributed by atoms with Crippen LogP contribution in [-0.2, 0) is 0 Å². The molecule has 0 bridgehead atoms. The van der Waals surface area contributed by atoms with Crippen LogP contribution in [0, 0.1) is 0 Å². The summed E-state index contributed by atoms with van der Waals surface area (Å²) in [5.74, 6) is 0.172. The molecule has 4 heteroatoms. The van der Waals surface area contributed by atoms with Crippen molar-refractivity contribution in [3.8, 4) is 0 Å². The van der Waals surface area contributed by atoms with Crippen LogP contribution in [0.5, 0.6) is 0 Å². The molecule has 72 valence electrons. The Morgan fingerprint density at radius 2 is 2.46 bits per heavy atom. The van der Waals surface area contributed by atoms with Gasteiger partial charge in [0.1, 0.15) is 0 Å². The van der Waals surface area contributed by atoms with E-state index in [0.29, 0.717) is 13.1 Å². The van der Waals surface area contributed by atoms with E-state index in [1.165, 1.54) is 11.3 Å². The molecule has 13 heavy (non-hydrogen) atoms. The predicted molar refractivity (Wildman–Crippen MR) is 55.2 cm³/mol. The molecule has 3 nitrogen and oxygen atoms in total. The van der Waals surface area contributed by atoms with E-state index in [1.807, 2.05) is 29.5 Å². The second kappa shape index (κ2) is 5.11. The normalized spacial score (nSPS) is 10.7. The fraction of sp³-hybridized carbons (Fsp3) is 0.444. The third-order valence-corrected chi connectivity index (χ3v) is 2.63. The number of carbonyl (C=O) groups excluding carboxylic acids is 1. The van der Waals surface area contributed by atoms with Crippen molar-refractivity contribution in [2.75, 3.05) is 26.7 Å². The van der Waals surface area contributed by atoms with Gasteiger partial charge in [0.05, 0.1) is 11.4 Å². The first kappa shape index (κ1) is 10.4. The fourth-order valence-electron chi connectivity index (χ4n) is 1.06. The molecule has 1 rings (SSSR count). The van der Waals surface area contributed by atoms with Crippen molar-refractivity contribution < 1.29 is 4.79 Å². The Morgan fingerprint density at radius 1 is 1.69 bits per heavy atom. The van der Waals surface area contributed by atoms with E-state index in [-0.39, 0.29) is 5.78 Å². The van der Waals surface area contributed by atoms with E-state index in [1.54, 1.807) is 0 Å². The van der Waals surface area contributed by atoms with Gasteiger partial charge in [0.2, 0.25) is 0 Å². The van der Waals surface area contributed by atoms with Crippen molar-refractivity contribution in [2.24, 2.45) is 5.73 Å². The number of thiophene rings is 1. The highest BCUT2D eigenvalue weighted by atomic mass is 32.1. The average Bonchev–Trinajstić information content (AvgIpc) is 2.55. The van der Waals surface area contributed by atoms with Crippen LogP contribution in [0.3, 0.4) is 0 Å². The number of carbonyl (C=O) groups is 1. The van der Waals surface area contributed by atoms with Crippen molar-refractivity contribution >= 4 is 17.1 Å². The van der Waals surface area contributed by atoms with Gasteiger partial charge >= 0.3 is 0 Å². The Morgan fingerprint density at radius 3 is 3.00 bits per heavy atom. The van der Waals surface area contributed by atoms with Crippen LogP contribution in [-0.4, -0.2) is 37.4 Å². The van der Waals surface area contributed by atoms with Crippen LogP contribution in [0.25, 0.3) is 0 Å². The van der Waals surface area contributed by atoms with Crippen LogP contribution >= 0.6 is 11.3 Å². The maximum absolute atomic E-state index is 11.5. The summed E-state index contributed by atoms with van der Waals surface area (Å²) in [5, 5.41) is 1.91. The summed E-state index contributed by atoms with van der Waals surface area (Å²) in [4.78, 5) is 14.3. The predicted octanol–water partition coefficient (Wildman–Crippen LogP) is 0.821. The molecule has 0 radical (unpaired) electrons. The van der Waals surface area contributed by atoms with Crippen molar-refractivity contribution in [2.45, 2.75) is 0 Å². The number of nitrogens with zero attached hydrogens (tertiary/aromatic N) is 1. The average molecular weight is 198 g/mol. The third kappa shape index (κ3) is 3.26.